The van der Waals surface area contributed by atoms with Gasteiger partial charge in [0.25, 0.3) is 5.91 Å². The van der Waals surface area contributed by atoms with E-state index in [0.717, 1.165) is 11.4 Å². The summed E-state index contributed by atoms with van der Waals surface area (Å²) in [5.41, 5.74) is 4.16. The highest BCUT2D eigenvalue weighted by Crippen LogP contribution is 2.17. The van der Waals surface area contributed by atoms with Crippen molar-refractivity contribution in [1.82, 2.24) is 20.4 Å². The van der Waals surface area contributed by atoms with Gasteiger partial charge >= 0.3 is 0 Å². The molecule has 0 aliphatic carbocycles. The first-order chi connectivity index (χ1) is 8.49. The molecule has 1 amide bonds. The van der Waals surface area contributed by atoms with Gasteiger partial charge in [0.2, 0.25) is 0 Å². The first kappa shape index (κ1) is 12.2. The number of anilines is 1. The van der Waals surface area contributed by atoms with Gasteiger partial charge in [0.15, 0.2) is 0 Å². The maximum absolute atomic E-state index is 12.2. The zero-order valence-electron chi connectivity index (χ0n) is 10.8. The van der Waals surface area contributed by atoms with Crippen molar-refractivity contribution in [2.75, 3.05) is 5.32 Å². The quantitative estimate of drug-likeness (QED) is 0.843. The maximum Gasteiger partial charge on any atom is 0.257 e. The molecule has 0 spiro atoms. The Morgan fingerprint density at radius 2 is 1.89 bits per heavy atom. The SMILES string of the molecule is Cc1cc(C(=O)Nc2c(C)n[nH]c2C)c(C)nn1. The van der Waals surface area contributed by atoms with Crippen molar-refractivity contribution in [2.24, 2.45) is 0 Å². The van der Waals surface area contributed by atoms with Crippen LogP contribution in [0.2, 0.25) is 0 Å². The molecule has 94 valence electrons. The molecule has 0 aliphatic heterocycles. The van der Waals surface area contributed by atoms with Gasteiger partial charge in [-0.3, -0.25) is 9.89 Å². The van der Waals surface area contributed by atoms with Crippen LogP contribution in [0.1, 0.15) is 33.1 Å². The summed E-state index contributed by atoms with van der Waals surface area (Å²) in [6.45, 7) is 7.26. The summed E-state index contributed by atoms with van der Waals surface area (Å²) in [4.78, 5) is 12.2. The molecule has 0 aliphatic rings. The summed E-state index contributed by atoms with van der Waals surface area (Å²) in [5.74, 6) is -0.196. The highest BCUT2D eigenvalue weighted by molar-refractivity contribution is 6.05. The van der Waals surface area contributed by atoms with Gasteiger partial charge in [0.05, 0.1) is 34.0 Å². The zero-order chi connectivity index (χ0) is 13.3. The Morgan fingerprint density at radius 1 is 1.17 bits per heavy atom. The number of nitrogens with zero attached hydrogens (tertiary/aromatic N) is 3. The molecule has 18 heavy (non-hydrogen) atoms. The van der Waals surface area contributed by atoms with Crippen molar-refractivity contribution in [1.29, 1.82) is 0 Å². The number of aromatic amines is 1. The zero-order valence-corrected chi connectivity index (χ0v) is 10.8. The number of nitrogens with one attached hydrogen (secondary N) is 2. The number of hydrogen-bond donors (Lipinski definition) is 2. The van der Waals surface area contributed by atoms with Gasteiger partial charge in [-0.1, -0.05) is 0 Å². The van der Waals surface area contributed by atoms with Crippen LogP contribution in [0.15, 0.2) is 6.07 Å². The van der Waals surface area contributed by atoms with E-state index in [1.165, 1.54) is 0 Å². The molecule has 2 heterocycles. The van der Waals surface area contributed by atoms with Crippen molar-refractivity contribution >= 4 is 11.6 Å². The summed E-state index contributed by atoms with van der Waals surface area (Å²) < 4.78 is 0. The second kappa shape index (κ2) is 4.56. The first-order valence-electron chi connectivity index (χ1n) is 5.63. The smallest absolute Gasteiger partial charge is 0.257 e. The largest absolute Gasteiger partial charge is 0.319 e. The van der Waals surface area contributed by atoms with Crippen LogP contribution in [0.4, 0.5) is 5.69 Å². The van der Waals surface area contributed by atoms with Crippen LogP contribution < -0.4 is 5.32 Å². The van der Waals surface area contributed by atoms with E-state index in [9.17, 15) is 4.79 Å². The molecule has 0 saturated heterocycles. The fourth-order valence-corrected chi connectivity index (χ4v) is 1.70. The minimum Gasteiger partial charge on any atom is -0.319 e. The maximum atomic E-state index is 12.2. The lowest BCUT2D eigenvalue weighted by atomic mass is 10.2. The molecule has 0 fully saturated rings. The van der Waals surface area contributed by atoms with Gasteiger partial charge in [-0.05, 0) is 33.8 Å². The topological polar surface area (TPSA) is 83.6 Å². The molecule has 0 radical (unpaired) electrons. The molecule has 0 unspecified atom stereocenters. The minimum absolute atomic E-state index is 0.196. The van der Waals surface area contributed by atoms with E-state index in [1.54, 1.807) is 19.9 Å². The number of H-pyrrole nitrogens is 1. The molecule has 2 aromatic rings. The van der Waals surface area contributed by atoms with Crippen LogP contribution >= 0.6 is 0 Å². The predicted molar refractivity (Wildman–Crippen MR) is 67.5 cm³/mol. The second-order valence-corrected chi connectivity index (χ2v) is 4.25. The van der Waals surface area contributed by atoms with E-state index in [2.05, 4.69) is 25.7 Å². The number of amides is 1. The van der Waals surface area contributed by atoms with E-state index >= 15 is 0 Å². The van der Waals surface area contributed by atoms with E-state index in [1.807, 2.05) is 13.8 Å². The third kappa shape index (κ3) is 2.22. The number of carbonyl (C=O) groups is 1. The van der Waals surface area contributed by atoms with E-state index in [0.29, 0.717) is 22.6 Å². The van der Waals surface area contributed by atoms with E-state index in [4.69, 9.17) is 0 Å². The molecule has 2 N–H and O–H groups in total. The molecule has 0 aromatic carbocycles. The molecule has 0 saturated carbocycles. The Kier molecular flexibility index (Phi) is 3.10. The highest BCUT2D eigenvalue weighted by atomic mass is 16.1. The van der Waals surface area contributed by atoms with Crippen molar-refractivity contribution in [3.05, 3.63) is 34.4 Å². The van der Waals surface area contributed by atoms with Gasteiger partial charge in [-0.2, -0.15) is 15.3 Å². The predicted octanol–water partition coefficient (Wildman–Crippen LogP) is 1.69. The Morgan fingerprint density at radius 3 is 2.50 bits per heavy atom. The summed E-state index contributed by atoms with van der Waals surface area (Å²) in [7, 11) is 0. The summed E-state index contributed by atoms with van der Waals surface area (Å²) >= 11 is 0. The van der Waals surface area contributed by atoms with E-state index < -0.39 is 0 Å². The summed E-state index contributed by atoms with van der Waals surface area (Å²) in [5, 5.41) is 17.5. The number of aryl methyl sites for hydroxylation is 4. The number of rotatable bonds is 2. The van der Waals surface area contributed by atoms with Gasteiger partial charge in [0.1, 0.15) is 0 Å². The number of carbonyl (C=O) groups excluding carboxylic acids is 1. The van der Waals surface area contributed by atoms with Gasteiger partial charge in [-0.25, -0.2) is 0 Å². The Balaban J connectivity index is 2.30. The molecular weight excluding hydrogens is 230 g/mol. The van der Waals surface area contributed by atoms with Gasteiger partial charge < -0.3 is 5.32 Å². The van der Waals surface area contributed by atoms with Crippen molar-refractivity contribution in [3.63, 3.8) is 0 Å². The van der Waals surface area contributed by atoms with Crippen molar-refractivity contribution < 1.29 is 4.79 Å². The molecule has 0 bridgehead atoms. The highest BCUT2D eigenvalue weighted by Gasteiger charge is 2.14. The monoisotopic (exact) mass is 245 g/mol. The van der Waals surface area contributed by atoms with Crippen LogP contribution in [0.25, 0.3) is 0 Å². The Labute approximate surface area is 105 Å². The van der Waals surface area contributed by atoms with Crippen LogP contribution in [0.5, 0.6) is 0 Å². The minimum atomic E-state index is -0.196. The third-order valence-corrected chi connectivity index (χ3v) is 2.71. The normalized spacial score (nSPS) is 10.4. The number of aromatic nitrogens is 4. The molecule has 0 atom stereocenters. The van der Waals surface area contributed by atoms with Crippen LogP contribution in [0.3, 0.4) is 0 Å². The molecule has 2 rings (SSSR count). The molecule has 6 heteroatoms. The van der Waals surface area contributed by atoms with Crippen LogP contribution in [-0.4, -0.2) is 26.3 Å². The van der Waals surface area contributed by atoms with E-state index in [-0.39, 0.29) is 5.91 Å². The molecule has 2 aromatic heterocycles. The average Bonchev–Trinajstić information content (AvgIpc) is 2.64. The standard InChI is InChI=1S/C12H15N5O/c1-6-5-10(7(2)15-14-6)12(18)13-11-8(3)16-17-9(11)4/h5H,1-4H3,(H,13,18)(H,16,17). The van der Waals surface area contributed by atoms with Crippen molar-refractivity contribution in [3.8, 4) is 0 Å². The number of hydrogen-bond acceptors (Lipinski definition) is 4. The Bertz CT molecular complexity index is 583. The van der Waals surface area contributed by atoms with Crippen molar-refractivity contribution in [2.45, 2.75) is 27.7 Å². The molecular formula is C12H15N5O. The van der Waals surface area contributed by atoms with Gasteiger partial charge in [-0.15, -0.1) is 0 Å². The fraction of sp³-hybridized carbons (Fsp3) is 0.333. The fourth-order valence-electron chi connectivity index (χ4n) is 1.70. The summed E-state index contributed by atoms with van der Waals surface area (Å²) in [6.07, 6.45) is 0. The average molecular weight is 245 g/mol. The third-order valence-electron chi connectivity index (χ3n) is 2.71. The molecule has 6 nitrogen and oxygen atoms in total. The first-order valence-corrected chi connectivity index (χ1v) is 5.63. The lowest BCUT2D eigenvalue weighted by molar-refractivity contribution is 0.102. The lowest BCUT2D eigenvalue weighted by Gasteiger charge is -2.07. The summed E-state index contributed by atoms with van der Waals surface area (Å²) in [6, 6.07) is 1.72. The van der Waals surface area contributed by atoms with Gasteiger partial charge in [0, 0.05) is 0 Å². The van der Waals surface area contributed by atoms with Crippen LogP contribution in [-0.2, 0) is 0 Å². The lowest BCUT2D eigenvalue weighted by Crippen LogP contribution is -2.16. The Hall–Kier alpha value is -2.24. The second-order valence-electron chi connectivity index (χ2n) is 4.25. The van der Waals surface area contributed by atoms with Crippen LogP contribution in [0, 0.1) is 27.7 Å².